The molecule has 2 amide bonds. The Hall–Kier alpha value is -0.770. The van der Waals surface area contributed by atoms with E-state index in [-0.39, 0.29) is 18.2 Å². The summed E-state index contributed by atoms with van der Waals surface area (Å²) in [6.07, 6.45) is 0.283. The summed E-state index contributed by atoms with van der Waals surface area (Å²) < 4.78 is 0. The normalized spacial score (nSPS) is 10.9. The van der Waals surface area contributed by atoms with Gasteiger partial charge >= 0.3 is 0 Å². The molecular formula is C9H17ClN2O2. The van der Waals surface area contributed by atoms with Crippen LogP contribution in [0.1, 0.15) is 20.3 Å². The van der Waals surface area contributed by atoms with Gasteiger partial charge in [0, 0.05) is 25.9 Å². The number of alkyl halides is 1. The van der Waals surface area contributed by atoms with Crippen LogP contribution in [0.2, 0.25) is 0 Å². The van der Waals surface area contributed by atoms with Crippen LogP contribution >= 0.6 is 11.6 Å². The molecule has 2 N–H and O–H groups in total. The van der Waals surface area contributed by atoms with E-state index in [1.54, 1.807) is 20.9 Å². The molecule has 0 aromatic heterocycles. The maximum Gasteiger partial charge on any atom is 0.227 e. The number of hydrogen-bond donors (Lipinski definition) is 2. The van der Waals surface area contributed by atoms with Gasteiger partial charge in [-0.2, -0.15) is 0 Å². The second kappa shape index (κ2) is 5.86. The molecule has 0 unspecified atom stereocenters. The Labute approximate surface area is 89.4 Å². The van der Waals surface area contributed by atoms with Crippen molar-refractivity contribution in [2.75, 3.05) is 19.5 Å². The van der Waals surface area contributed by atoms with Gasteiger partial charge in [-0.25, -0.2) is 0 Å². The van der Waals surface area contributed by atoms with Gasteiger partial charge in [0.2, 0.25) is 11.8 Å². The van der Waals surface area contributed by atoms with Crippen LogP contribution in [0.5, 0.6) is 0 Å². The molecule has 0 aromatic rings. The van der Waals surface area contributed by atoms with E-state index in [2.05, 4.69) is 10.6 Å². The molecule has 0 radical (unpaired) electrons. The highest BCUT2D eigenvalue weighted by Crippen LogP contribution is 2.12. The lowest BCUT2D eigenvalue weighted by Gasteiger charge is -2.22. The smallest absolute Gasteiger partial charge is 0.227 e. The van der Waals surface area contributed by atoms with Crippen molar-refractivity contribution < 1.29 is 9.59 Å². The fourth-order valence-electron chi connectivity index (χ4n) is 0.912. The summed E-state index contributed by atoms with van der Waals surface area (Å²) in [6, 6.07) is 0. The van der Waals surface area contributed by atoms with Gasteiger partial charge in [0.15, 0.2) is 0 Å². The van der Waals surface area contributed by atoms with Crippen LogP contribution in [0.25, 0.3) is 0 Å². The van der Waals surface area contributed by atoms with Crippen molar-refractivity contribution >= 4 is 23.4 Å². The van der Waals surface area contributed by atoms with Crippen molar-refractivity contribution in [2.24, 2.45) is 5.41 Å². The maximum atomic E-state index is 11.3. The fourth-order valence-corrected chi connectivity index (χ4v) is 1.08. The van der Waals surface area contributed by atoms with Gasteiger partial charge in [0.25, 0.3) is 0 Å². The molecule has 0 bridgehead atoms. The second-order valence-corrected chi connectivity index (χ2v) is 4.06. The van der Waals surface area contributed by atoms with E-state index >= 15 is 0 Å². The Morgan fingerprint density at radius 1 is 1.36 bits per heavy atom. The Morgan fingerprint density at radius 2 is 1.93 bits per heavy atom. The zero-order valence-corrected chi connectivity index (χ0v) is 9.57. The molecule has 82 valence electrons. The standard InChI is InChI=1S/C9H17ClN2O2/c1-9(2,8(14)11-3)6-12-7(13)4-5-10/h4-6H2,1-3H3,(H,11,14)(H,12,13). The van der Waals surface area contributed by atoms with Gasteiger partial charge in [0.1, 0.15) is 0 Å². The highest BCUT2D eigenvalue weighted by molar-refractivity contribution is 6.18. The molecule has 0 aliphatic rings. The summed E-state index contributed by atoms with van der Waals surface area (Å²) in [7, 11) is 1.57. The third kappa shape index (κ3) is 4.46. The summed E-state index contributed by atoms with van der Waals surface area (Å²) in [4.78, 5) is 22.4. The molecule has 0 rings (SSSR count). The Morgan fingerprint density at radius 3 is 2.36 bits per heavy atom. The maximum absolute atomic E-state index is 11.3. The number of amides is 2. The molecule has 0 aliphatic heterocycles. The van der Waals surface area contributed by atoms with Gasteiger partial charge < -0.3 is 10.6 Å². The average Bonchev–Trinajstić information content (AvgIpc) is 2.14. The number of hydrogen-bond acceptors (Lipinski definition) is 2. The van der Waals surface area contributed by atoms with E-state index in [1.807, 2.05) is 0 Å². The van der Waals surface area contributed by atoms with Crippen molar-refractivity contribution in [1.29, 1.82) is 0 Å². The van der Waals surface area contributed by atoms with Crippen molar-refractivity contribution in [1.82, 2.24) is 10.6 Å². The molecule has 0 saturated carbocycles. The van der Waals surface area contributed by atoms with Crippen LogP contribution in [0.4, 0.5) is 0 Å². The summed E-state index contributed by atoms with van der Waals surface area (Å²) in [5.74, 6) is 0.0762. The van der Waals surface area contributed by atoms with Crippen molar-refractivity contribution in [2.45, 2.75) is 20.3 Å². The van der Waals surface area contributed by atoms with E-state index in [9.17, 15) is 9.59 Å². The molecule has 5 heteroatoms. The minimum atomic E-state index is -0.587. The van der Waals surface area contributed by atoms with Crippen LogP contribution in [-0.4, -0.2) is 31.3 Å². The summed E-state index contributed by atoms with van der Waals surface area (Å²) >= 11 is 5.40. The number of carbonyl (C=O) groups is 2. The topological polar surface area (TPSA) is 58.2 Å². The highest BCUT2D eigenvalue weighted by atomic mass is 35.5. The van der Waals surface area contributed by atoms with Crippen molar-refractivity contribution in [3.8, 4) is 0 Å². The molecule has 14 heavy (non-hydrogen) atoms. The number of nitrogens with one attached hydrogen (secondary N) is 2. The Kier molecular flexibility index (Phi) is 5.53. The number of rotatable bonds is 5. The van der Waals surface area contributed by atoms with E-state index in [0.29, 0.717) is 12.4 Å². The Balaban J connectivity index is 3.98. The van der Waals surface area contributed by atoms with E-state index in [1.165, 1.54) is 0 Å². The van der Waals surface area contributed by atoms with Gasteiger partial charge in [-0.1, -0.05) is 0 Å². The van der Waals surface area contributed by atoms with Crippen LogP contribution in [0.3, 0.4) is 0 Å². The van der Waals surface area contributed by atoms with Gasteiger partial charge in [-0.3, -0.25) is 9.59 Å². The molecule has 4 nitrogen and oxygen atoms in total. The SMILES string of the molecule is CNC(=O)C(C)(C)CNC(=O)CCCl. The number of halogens is 1. The third-order valence-electron chi connectivity index (χ3n) is 1.89. The van der Waals surface area contributed by atoms with Crippen molar-refractivity contribution in [3.05, 3.63) is 0 Å². The average molecular weight is 221 g/mol. The molecule has 0 fully saturated rings. The molecule has 0 aromatic carbocycles. The van der Waals surface area contributed by atoms with Gasteiger partial charge in [0.05, 0.1) is 5.41 Å². The quantitative estimate of drug-likeness (QED) is 0.664. The summed E-state index contributed by atoms with van der Waals surface area (Å²) in [6.45, 7) is 3.86. The lowest BCUT2D eigenvalue weighted by molar-refractivity contribution is -0.129. The van der Waals surface area contributed by atoms with E-state index in [0.717, 1.165) is 0 Å². The fraction of sp³-hybridized carbons (Fsp3) is 0.778. The first-order valence-corrected chi connectivity index (χ1v) is 5.02. The molecule has 0 atom stereocenters. The van der Waals surface area contributed by atoms with Crippen LogP contribution in [-0.2, 0) is 9.59 Å². The van der Waals surface area contributed by atoms with Crippen LogP contribution in [0, 0.1) is 5.41 Å². The van der Waals surface area contributed by atoms with E-state index in [4.69, 9.17) is 11.6 Å². The largest absolute Gasteiger partial charge is 0.359 e. The van der Waals surface area contributed by atoms with Crippen LogP contribution < -0.4 is 10.6 Å². The molecule has 0 aliphatic carbocycles. The molecule has 0 spiro atoms. The van der Waals surface area contributed by atoms with E-state index < -0.39 is 5.41 Å². The first kappa shape index (κ1) is 13.2. The first-order chi connectivity index (χ1) is 6.44. The third-order valence-corrected chi connectivity index (χ3v) is 2.08. The molecule has 0 saturated heterocycles. The predicted octanol–water partition coefficient (Wildman–Crippen LogP) is 0.504. The molecule has 0 heterocycles. The summed E-state index contributed by atoms with van der Waals surface area (Å²) in [5, 5.41) is 5.20. The minimum absolute atomic E-state index is 0.0938. The predicted molar refractivity (Wildman–Crippen MR) is 56.2 cm³/mol. The highest BCUT2D eigenvalue weighted by Gasteiger charge is 2.26. The number of carbonyl (C=O) groups excluding carboxylic acids is 2. The lowest BCUT2D eigenvalue weighted by atomic mass is 9.92. The van der Waals surface area contributed by atoms with Gasteiger partial charge in [-0.15, -0.1) is 11.6 Å². The minimum Gasteiger partial charge on any atom is -0.359 e. The zero-order chi connectivity index (χ0) is 11.2. The van der Waals surface area contributed by atoms with Gasteiger partial charge in [-0.05, 0) is 13.8 Å². The second-order valence-electron chi connectivity index (χ2n) is 3.68. The van der Waals surface area contributed by atoms with Crippen molar-refractivity contribution in [3.63, 3.8) is 0 Å². The monoisotopic (exact) mass is 220 g/mol. The molecular weight excluding hydrogens is 204 g/mol. The summed E-state index contributed by atoms with van der Waals surface area (Å²) in [5.41, 5.74) is -0.587. The van der Waals surface area contributed by atoms with Crippen LogP contribution in [0.15, 0.2) is 0 Å². The lowest BCUT2D eigenvalue weighted by Crippen LogP contribution is -2.43. The zero-order valence-electron chi connectivity index (χ0n) is 8.82. The first-order valence-electron chi connectivity index (χ1n) is 4.49. The Bertz CT molecular complexity index is 217.